The van der Waals surface area contributed by atoms with Gasteiger partial charge in [0.15, 0.2) is 6.61 Å². The van der Waals surface area contributed by atoms with Crippen molar-refractivity contribution >= 4 is 50.7 Å². The fraction of sp³-hybridized carbons (Fsp3) is 0.179. The smallest absolute Gasteiger partial charge is 0.296 e. The molecule has 14 heteroatoms. The van der Waals surface area contributed by atoms with Gasteiger partial charge in [-0.25, -0.2) is 13.1 Å². The molecule has 0 fully saturated rings. The lowest BCUT2D eigenvalue weighted by Crippen LogP contribution is -2.43. The molecule has 220 valence electrons. The van der Waals surface area contributed by atoms with E-state index < -0.39 is 32.3 Å². The number of hydrogen-bond acceptors (Lipinski definition) is 6. The number of sulfonamides is 1. The SMILES string of the molecule is Cc1ccc(OCC(=O)NNC(=O)c2cc(Cl)c(Cl)c(S(=O)(=O)Nc3c(C)n(C)n(-c4ccccc4)c3=O)c2)cc1C. The van der Waals surface area contributed by atoms with Crippen molar-refractivity contribution < 1.29 is 22.7 Å². The monoisotopic (exact) mass is 631 g/mol. The van der Waals surface area contributed by atoms with E-state index >= 15 is 0 Å². The van der Waals surface area contributed by atoms with E-state index in [4.69, 9.17) is 27.9 Å². The molecule has 0 radical (unpaired) electrons. The van der Waals surface area contributed by atoms with Crippen molar-refractivity contribution in [2.24, 2.45) is 7.05 Å². The standard InChI is InChI=1S/C28H27Cl2N5O6S/c1-16-10-11-21(12-17(16)2)41-15-24(36)31-32-27(37)19-13-22(29)25(30)23(14-19)42(39,40)33-26-18(3)34(4)35(28(26)38)20-8-6-5-7-9-20/h5-14,33H,15H2,1-4H3,(H,31,36)(H,32,37). The van der Waals surface area contributed by atoms with Gasteiger partial charge in [0.2, 0.25) is 0 Å². The zero-order valence-electron chi connectivity index (χ0n) is 23.0. The van der Waals surface area contributed by atoms with Crippen LogP contribution >= 0.6 is 23.2 Å². The Bertz CT molecular complexity index is 1850. The zero-order valence-corrected chi connectivity index (χ0v) is 25.3. The third-order valence-electron chi connectivity index (χ3n) is 6.50. The molecule has 1 aromatic heterocycles. The summed E-state index contributed by atoms with van der Waals surface area (Å²) in [5.41, 5.74) is 6.26. The molecular weight excluding hydrogens is 605 g/mol. The molecule has 0 saturated heterocycles. The van der Waals surface area contributed by atoms with Crippen molar-refractivity contribution in [3.8, 4) is 11.4 Å². The molecular formula is C28H27Cl2N5O6S. The number of hydrogen-bond donors (Lipinski definition) is 3. The van der Waals surface area contributed by atoms with Gasteiger partial charge in [0.25, 0.3) is 27.4 Å². The quantitative estimate of drug-likeness (QED) is 0.251. The van der Waals surface area contributed by atoms with Gasteiger partial charge in [0.05, 0.1) is 21.4 Å². The van der Waals surface area contributed by atoms with Crippen molar-refractivity contribution in [2.45, 2.75) is 25.7 Å². The maximum absolute atomic E-state index is 13.4. The molecule has 0 bridgehead atoms. The van der Waals surface area contributed by atoms with Crippen LogP contribution in [0.25, 0.3) is 5.69 Å². The number of carbonyl (C=O) groups is 2. The first kappa shape index (κ1) is 30.7. The van der Waals surface area contributed by atoms with Crippen LogP contribution in [-0.2, 0) is 21.9 Å². The molecule has 3 N–H and O–H groups in total. The summed E-state index contributed by atoms with van der Waals surface area (Å²) in [6.45, 7) is 5.04. The zero-order chi connectivity index (χ0) is 30.8. The Labute approximate surface area is 252 Å². The second kappa shape index (κ2) is 12.3. The molecule has 2 amide bonds. The van der Waals surface area contributed by atoms with Gasteiger partial charge in [-0.3, -0.25) is 34.6 Å². The van der Waals surface area contributed by atoms with Crippen LogP contribution in [0.3, 0.4) is 0 Å². The molecule has 0 aliphatic heterocycles. The highest BCUT2D eigenvalue weighted by Crippen LogP contribution is 2.32. The number of aryl methyl sites for hydroxylation is 2. The average Bonchev–Trinajstić information content (AvgIpc) is 3.16. The number of ether oxygens (including phenoxy) is 1. The van der Waals surface area contributed by atoms with Crippen molar-refractivity contribution in [1.82, 2.24) is 20.2 Å². The number of aromatic nitrogens is 2. The van der Waals surface area contributed by atoms with Crippen molar-refractivity contribution in [2.75, 3.05) is 11.3 Å². The Balaban J connectivity index is 1.51. The van der Waals surface area contributed by atoms with Gasteiger partial charge >= 0.3 is 0 Å². The molecule has 0 spiro atoms. The van der Waals surface area contributed by atoms with Gasteiger partial charge in [0.1, 0.15) is 16.3 Å². The number of amides is 2. The largest absolute Gasteiger partial charge is 0.484 e. The minimum Gasteiger partial charge on any atom is -0.484 e. The summed E-state index contributed by atoms with van der Waals surface area (Å²) in [5, 5.41) is -0.593. The number of halogens is 2. The Morgan fingerprint density at radius 2 is 1.62 bits per heavy atom. The summed E-state index contributed by atoms with van der Waals surface area (Å²) >= 11 is 12.4. The van der Waals surface area contributed by atoms with Gasteiger partial charge in [0, 0.05) is 12.6 Å². The molecule has 42 heavy (non-hydrogen) atoms. The number of nitrogens with one attached hydrogen (secondary N) is 3. The Hall–Kier alpha value is -4.26. The minimum atomic E-state index is -4.51. The highest BCUT2D eigenvalue weighted by atomic mass is 35.5. The van der Waals surface area contributed by atoms with E-state index in [1.54, 1.807) is 56.4 Å². The first-order valence-electron chi connectivity index (χ1n) is 12.4. The number of rotatable bonds is 8. The number of benzene rings is 3. The predicted octanol–water partition coefficient (Wildman–Crippen LogP) is 4.05. The molecule has 0 atom stereocenters. The molecule has 11 nitrogen and oxygen atoms in total. The lowest BCUT2D eigenvalue weighted by molar-refractivity contribution is -0.123. The van der Waals surface area contributed by atoms with Gasteiger partial charge in [-0.2, -0.15) is 0 Å². The molecule has 0 saturated carbocycles. The van der Waals surface area contributed by atoms with Gasteiger partial charge in [-0.05, 0) is 68.3 Å². The van der Waals surface area contributed by atoms with Crippen molar-refractivity contribution in [3.63, 3.8) is 0 Å². The Kier molecular flexibility index (Phi) is 9.00. The normalized spacial score (nSPS) is 11.2. The summed E-state index contributed by atoms with van der Waals surface area (Å²) in [5.74, 6) is -1.05. The van der Waals surface area contributed by atoms with Crippen LogP contribution in [0.4, 0.5) is 5.69 Å². The van der Waals surface area contributed by atoms with Crippen LogP contribution < -0.4 is 25.9 Å². The number of nitrogens with zero attached hydrogens (tertiary/aromatic N) is 2. The highest BCUT2D eigenvalue weighted by Gasteiger charge is 2.27. The minimum absolute atomic E-state index is 0.209. The second-order valence-electron chi connectivity index (χ2n) is 9.35. The number of carbonyl (C=O) groups excluding carboxylic acids is 2. The van der Waals surface area contributed by atoms with E-state index in [0.717, 1.165) is 23.3 Å². The first-order valence-corrected chi connectivity index (χ1v) is 14.7. The number of anilines is 1. The van der Waals surface area contributed by atoms with Crippen LogP contribution in [0.15, 0.2) is 70.4 Å². The van der Waals surface area contributed by atoms with Crippen LogP contribution in [-0.4, -0.2) is 36.2 Å². The third-order valence-corrected chi connectivity index (χ3v) is 8.79. The molecule has 4 rings (SSSR count). The first-order chi connectivity index (χ1) is 19.8. The van der Waals surface area contributed by atoms with E-state index in [9.17, 15) is 22.8 Å². The van der Waals surface area contributed by atoms with E-state index in [1.165, 1.54) is 9.36 Å². The summed E-state index contributed by atoms with van der Waals surface area (Å²) in [6, 6.07) is 16.2. The molecule has 3 aromatic carbocycles. The van der Waals surface area contributed by atoms with Gasteiger partial charge < -0.3 is 4.74 Å². The molecule has 4 aromatic rings. The maximum atomic E-state index is 13.4. The molecule has 0 aliphatic carbocycles. The highest BCUT2D eigenvalue weighted by molar-refractivity contribution is 7.92. The van der Waals surface area contributed by atoms with E-state index in [1.807, 2.05) is 19.9 Å². The molecule has 0 unspecified atom stereocenters. The number of para-hydroxylation sites is 1. The molecule has 1 heterocycles. The van der Waals surface area contributed by atoms with Crippen LogP contribution in [0.5, 0.6) is 5.75 Å². The predicted molar refractivity (Wildman–Crippen MR) is 160 cm³/mol. The van der Waals surface area contributed by atoms with Crippen LogP contribution in [0.2, 0.25) is 10.0 Å². The summed E-state index contributed by atoms with van der Waals surface area (Å²) < 4.78 is 37.3. The van der Waals surface area contributed by atoms with Crippen LogP contribution in [0.1, 0.15) is 27.2 Å². The summed E-state index contributed by atoms with van der Waals surface area (Å²) in [4.78, 5) is 37.7. The van der Waals surface area contributed by atoms with E-state index in [2.05, 4.69) is 15.6 Å². The summed E-state index contributed by atoms with van der Waals surface area (Å²) in [6.07, 6.45) is 0. The van der Waals surface area contributed by atoms with Gasteiger partial charge in [-0.1, -0.05) is 47.5 Å². The van der Waals surface area contributed by atoms with Crippen LogP contribution in [0, 0.1) is 20.8 Å². The Morgan fingerprint density at radius 1 is 0.929 bits per heavy atom. The maximum Gasteiger partial charge on any atom is 0.296 e. The number of hydrazine groups is 1. The summed E-state index contributed by atoms with van der Waals surface area (Å²) in [7, 11) is -2.90. The lowest BCUT2D eigenvalue weighted by Gasteiger charge is -2.13. The van der Waals surface area contributed by atoms with E-state index in [0.29, 0.717) is 17.1 Å². The fourth-order valence-electron chi connectivity index (χ4n) is 3.95. The van der Waals surface area contributed by atoms with Crippen molar-refractivity contribution in [3.05, 3.63) is 103 Å². The average molecular weight is 633 g/mol. The van der Waals surface area contributed by atoms with E-state index in [-0.39, 0.29) is 27.9 Å². The van der Waals surface area contributed by atoms with Crippen molar-refractivity contribution in [1.29, 1.82) is 0 Å². The third kappa shape index (κ3) is 6.46. The molecule has 0 aliphatic rings. The second-order valence-corrected chi connectivity index (χ2v) is 11.8. The van der Waals surface area contributed by atoms with Gasteiger partial charge in [-0.15, -0.1) is 0 Å². The Morgan fingerprint density at radius 3 is 2.29 bits per heavy atom. The topological polar surface area (TPSA) is 141 Å². The fourth-order valence-corrected chi connectivity index (χ4v) is 5.88. The lowest BCUT2D eigenvalue weighted by atomic mass is 10.1.